The Hall–Kier alpha value is -2.02. The van der Waals surface area contributed by atoms with Crippen molar-refractivity contribution in [3.63, 3.8) is 0 Å². The molecule has 0 aromatic carbocycles. The van der Waals surface area contributed by atoms with Gasteiger partial charge < -0.3 is 20.1 Å². The van der Waals surface area contributed by atoms with Crippen LogP contribution in [0.3, 0.4) is 0 Å². The predicted octanol–water partition coefficient (Wildman–Crippen LogP) is 4.20. The standard InChI is InChI=1S/C30H42O6/c1-6-7-8-9-10-11-12-13-24(32)36-29-16-20(3)30(35)22(25(29)27(29,4)5)15-21(18-31)17-28(34)23(30)14-19(2)26(28)33/h9-12,14-15,20,22-23,25,31,34-35H,6-8,13,16-18H2,1-5H3/b10-9+,12-11+/t20-,22?,23?,25?,28-,29+,30-/m1/s1. The molecule has 2 saturated carbocycles. The summed E-state index contributed by atoms with van der Waals surface area (Å²) in [5, 5.41) is 34.0. The van der Waals surface area contributed by atoms with E-state index in [1.165, 1.54) is 0 Å². The van der Waals surface area contributed by atoms with Crippen LogP contribution in [0, 0.1) is 29.1 Å². The van der Waals surface area contributed by atoms with Crippen LogP contribution in [0.2, 0.25) is 0 Å². The fourth-order valence-corrected chi connectivity index (χ4v) is 7.58. The molecule has 6 heteroatoms. The minimum atomic E-state index is -1.78. The third-order valence-corrected chi connectivity index (χ3v) is 9.56. The number of carbonyl (C=O) groups excluding carboxylic acids is 2. The molecule has 7 atom stereocenters. The molecule has 36 heavy (non-hydrogen) atoms. The maximum atomic E-state index is 13.0. The van der Waals surface area contributed by atoms with E-state index >= 15 is 0 Å². The average Bonchev–Trinajstić information content (AvgIpc) is 3.22. The third-order valence-electron chi connectivity index (χ3n) is 9.56. The number of hydrogen-bond acceptors (Lipinski definition) is 6. The van der Waals surface area contributed by atoms with Gasteiger partial charge in [-0.05, 0) is 36.8 Å². The Morgan fingerprint density at radius 2 is 1.89 bits per heavy atom. The van der Waals surface area contributed by atoms with E-state index in [0.29, 0.717) is 17.6 Å². The highest BCUT2D eigenvalue weighted by Crippen LogP contribution is 2.76. The second kappa shape index (κ2) is 9.38. The van der Waals surface area contributed by atoms with Crippen LogP contribution in [0.1, 0.15) is 73.1 Å². The number of unbranched alkanes of at least 4 members (excludes halogenated alkanes) is 2. The first-order valence-electron chi connectivity index (χ1n) is 13.4. The van der Waals surface area contributed by atoms with Gasteiger partial charge in [0.05, 0.1) is 18.6 Å². The SMILES string of the molecule is CCCC/C=C/C=C/CC(=O)O[C@@]12C[C@@H](C)[C@@]3(O)C(C=C(CO)C[C@]4(O)C(=O)C(C)=CC34)C1C2(C)C. The number of esters is 1. The quantitative estimate of drug-likeness (QED) is 0.201. The highest BCUT2D eigenvalue weighted by Gasteiger charge is 2.83. The van der Waals surface area contributed by atoms with E-state index in [2.05, 4.69) is 26.8 Å². The molecule has 6 nitrogen and oxygen atoms in total. The molecule has 3 unspecified atom stereocenters. The lowest BCUT2D eigenvalue weighted by Gasteiger charge is -2.50. The van der Waals surface area contributed by atoms with E-state index in [-0.39, 0.29) is 43.0 Å². The van der Waals surface area contributed by atoms with Crippen molar-refractivity contribution in [3.05, 3.63) is 47.6 Å². The lowest BCUT2D eigenvalue weighted by atomic mass is 9.60. The molecule has 4 aliphatic carbocycles. The zero-order valence-corrected chi connectivity index (χ0v) is 22.3. The number of aliphatic hydroxyl groups is 3. The van der Waals surface area contributed by atoms with E-state index in [4.69, 9.17) is 4.74 Å². The number of ketones is 1. The van der Waals surface area contributed by atoms with Crippen molar-refractivity contribution in [2.75, 3.05) is 6.61 Å². The topological polar surface area (TPSA) is 104 Å². The van der Waals surface area contributed by atoms with Crippen molar-refractivity contribution < 1.29 is 29.6 Å². The number of ether oxygens (including phenoxy) is 1. The van der Waals surface area contributed by atoms with E-state index in [1.807, 2.05) is 31.2 Å². The van der Waals surface area contributed by atoms with Crippen molar-refractivity contribution in [2.24, 2.45) is 29.1 Å². The van der Waals surface area contributed by atoms with E-state index < -0.39 is 34.1 Å². The van der Waals surface area contributed by atoms with Crippen LogP contribution in [0.25, 0.3) is 0 Å². The Morgan fingerprint density at radius 3 is 2.56 bits per heavy atom. The summed E-state index contributed by atoms with van der Waals surface area (Å²) < 4.78 is 6.20. The monoisotopic (exact) mass is 498 g/mol. The van der Waals surface area contributed by atoms with Gasteiger partial charge in [0.1, 0.15) is 11.2 Å². The molecule has 0 spiro atoms. The summed E-state index contributed by atoms with van der Waals surface area (Å²) in [5.74, 6) is -2.50. The van der Waals surface area contributed by atoms with Gasteiger partial charge in [-0.15, -0.1) is 0 Å². The maximum Gasteiger partial charge on any atom is 0.310 e. The highest BCUT2D eigenvalue weighted by atomic mass is 16.6. The molecule has 0 radical (unpaired) electrons. The van der Waals surface area contributed by atoms with Crippen LogP contribution in [0.15, 0.2) is 47.6 Å². The normalized spacial score (nSPS) is 40.8. The molecule has 198 valence electrons. The molecule has 0 heterocycles. The molecule has 0 aromatic rings. The largest absolute Gasteiger partial charge is 0.458 e. The number of rotatable bonds is 8. The molecular weight excluding hydrogens is 456 g/mol. The zero-order chi connectivity index (χ0) is 26.5. The van der Waals surface area contributed by atoms with Gasteiger partial charge in [0.25, 0.3) is 0 Å². The molecule has 0 bridgehead atoms. The van der Waals surface area contributed by atoms with Gasteiger partial charge in [0, 0.05) is 29.6 Å². The number of hydrogen-bond donors (Lipinski definition) is 3. The van der Waals surface area contributed by atoms with Crippen LogP contribution < -0.4 is 0 Å². The molecule has 4 rings (SSSR count). The first-order valence-corrected chi connectivity index (χ1v) is 13.4. The Morgan fingerprint density at radius 1 is 1.19 bits per heavy atom. The number of Topliss-reactive ketones (excluding diaryl/α,β-unsaturated/α-hetero) is 1. The second-order valence-electron chi connectivity index (χ2n) is 12.0. The first-order chi connectivity index (χ1) is 16.9. The summed E-state index contributed by atoms with van der Waals surface area (Å²) in [6, 6.07) is 0. The van der Waals surface area contributed by atoms with Crippen LogP contribution >= 0.6 is 0 Å². The summed E-state index contributed by atoms with van der Waals surface area (Å²) in [6.07, 6.45) is 15.2. The number of carbonyl (C=O) groups is 2. The average molecular weight is 499 g/mol. The fraction of sp³-hybridized carbons (Fsp3) is 0.667. The van der Waals surface area contributed by atoms with Crippen molar-refractivity contribution in [1.29, 1.82) is 0 Å². The lowest BCUT2D eigenvalue weighted by Crippen LogP contribution is -2.61. The highest BCUT2D eigenvalue weighted by molar-refractivity contribution is 6.04. The summed E-state index contributed by atoms with van der Waals surface area (Å²) in [4.78, 5) is 25.9. The van der Waals surface area contributed by atoms with Crippen molar-refractivity contribution in [1.82, 2.24) is 0 Å². The van der Waals surface area contributed by atoms with Crippen molar-refractivity contribution >= 4 is 11.8 Å². The summed E-state index contributed by atoms with van der Waals surface area (Å²) >= 11 is 0. The number of aliphatic hydroxyl groups excluding tert-OH is 1. The van der Waals surface area contributed by atoms with Crippen LogP contribution in [-0.2, 0) is 14.3 Å². The van der Waals surface area contributed by atoms with Gasteiger partial charge in [-0.2, -0.15) is 0 Å². The van der Waals surface area contributed by atoms with E-state index in [9.17, 15) is 24.9 Å². The lowest BCUT2D eigenvalue weighted by molar-refractivity contribution is -0.186. The molecule has 4 aliphatic rings. The van der Waals surface area contributed by atoms with E-state index in [1.54, 1.807) is 13.0 Å². The van der Waals surface area contributed by atoms with Gasteiger partial charge in [0.15, 0.2) is 5.78 Å². The number of allylic oxidation sites excluding steroid dienone is 3. The maximum absolute atomic E-state index is 13.0. The molecule has 2 fully saturated rings. The fourth-order valence-electron chi connectivity index (χ4n) is 7.58. The van der Waals surface area contributed by atoms with Gasteiger partial charge in [0.2, 0.25) is 0 Å². The summed E-state index contributed by atoms with van der Waals surface area (Å²) in [5.41, 5.74) is -3.36. The Balaban J connectivity index is 1.61. The van der Waals surface area contributed by atoms with E-state index in [0.717, 1.165) is 19.3 Å². The van der Waals surface area contributed by atoms with Crippen LogP contribution in [0.5, 0.6) is 0 Å². The molecule has 0 amide bonds. The Labute approximate surface area is 214 Å². The first kappa shape index (κ1) is 27.0. The van der Waals surface area contributed by atoms with Gasteiger partial charge in [-0.1, -0.05) is 77.0 Å². The minimum Gasteiger partial charge on any atom is -0.458 e. The summed E-state index contributed by atoms with van der Waals surface area (Å²) in [6.45, 7) is 9.54. The third kappa shape index (κ3) is 3.88. The molecule has 0 aliphatic heterocycles. The van der Waals surface area contributed by atoms with Gasteiger partial charge in [-0.25, -0.2) is 0 Å². The molecule has 0 aromatic heterocycles. The molecular formula is C30H42O6. The smallest absolute Gasteiger partial charge is 0.310 e. The Kier molecular flexibility index (Phi) is 7.04. The molecule has 0 saturated heterocycles. The van der Waals surface area contributed by atoms with Crippen molar-refractivity contribution in [3.8, 4) is 0 Å². The van der Waals surface area contributed by atoms with Gasteiger partial charge >= 0.3 is 5.97 Å². The molecule has 3 N–H and O–H groups in total. The van der Waals surface area contributed by atoms with Crippen LogP contribution in [-0.4, -0.2) is 50.5 Å². The predicted molar refractivity (Wildman–Crippen MR) is 138 cm³/mol. The van der Waals surface area contributed by atoms with Crippen molar-refractivity contribution in [2.45, 2.75) is 89.9 Å². The second-order valence-corrected chi connectivity index (χ2v) is 12.0. The van der Waals surface area contributed by atoms with Gasteiger partial charge in [-0.3, -0.25) is 9.59 Å². The zero-order valence-electron chi connectivity index (χ0n) is 22.3. The summed E-state index contributed by atoms with van der Waals surface area (Å²) in [7, 11) is 0. The minimum absolute atomic E-state index is 0.0110. The Bertz CT molecular complexity index is 1030. The van der Waals surface area contributed by atoms with Crippen LogP contribution in [0.4, 0.5) is 0 Å². The number of fused-ring (bicyclic) bond motifs is 5.